The predicted molar refractivity (Wildman–Crippen MR) is 122 cm³/mol. The molecule has 7 nitrogen and oxygen atoms in total. The number of hydrogen-bond acceptors (Lipinski definition) is 6. The molecule has 0 unspecified atom stereocenters. The Labute approximate surface area is 183 Å². The highest BCUT2D eigenvalue weighted by molar-refractivity contribution is 9.10. The SMILES string of the molecule is CCCSc1nc(NC(C)C)c2cnn(CCNC(=O)c3ccc(Br)cc3)c2n1. The first-order chi connectivity index (χ1) is 14.0. The van der Waals surface area contributed by atoms with Crippen molar-refractivity contribution in [3.63, 3.8) is 0 Å². The highest BCUT2D eigenvalue weighted by Crippen LogP contribution is 2.25. The van der Waals surface area contributed by atoms with Crippen molar-refractivity contribution in [1.82, 2.24) is 25.1 Å². The first kappa shape index (κ1) is 21.6. The van der Waals surface area contributed by atoms with Crippen molar-refractivity contribution in [3.05, 3.63) is 40.5 Å². The van der Waals surface area contributed by atoms with Gasteiger partial charge in [-0.2, -0.15) is 5.10 Å². The van der Waals surface area contributed by atoms with Gasteiger partial charge in [0.15, 0.2) is 10.8 Å². The Morgan fingerprint density at radius 3 is 2.69 bits per heavy atom. The van der Waals surface area contributed by atoms with Crippen molar-refractivity contribution in [1.29, 1.82) is 0 Å². The smallest absolute Gasteiger partial charge is 0.251 e. The van der Waals surface area contributed by atoms with E-state index < -0.39 is 0 Å². The van der Waals surface area contributed by atoms with Gasteiger partial charge in [-0.3, -0.25) is 4.79 Å². The van der Waals surface area contributed by atoms with Gasteiger partial charge in [-0.25, -0.2) is 14.6 Å². The molecule has 29 heavy (non-hydrogen) atoms. The van der Waals surface area contributed by atoms with Gasteiger partial charge < -0.3 is 10.6 Å². The van der Waals surface area contributed by atoms with E-state index in [9.17, 15) is 4.79 Å². The minimum Gasteiger partial charge on any atom is -0.367 e. The first-order valence-corrected chi connectivity index (χ1v) is 11.4. The van der Waals surface area contributed by atoms with E-state index in [1.807, 2.05) is 16.8 Å². The first-order valence-electron chi connectivity index (χ1n) is 9.64. The van der Waals surface area contributed by atoms with Gasteiger partial charge in [0.25, 0.3) is 5.91 Å². The fraction of sp³-hybridized carbons (Fsp3) is 0.400. The van der Waals surface area contributed by atoms with Crippen LogP contribution in [0.4, 0.5) is 5.82 Å². The summed E-state index contributed by atoms with van der Waals surface area (Å²) in [5.41, 5.74) is 1.40. The van der Waals surface area contributed by atoms with Crippen LogP contribution < -0.4 is 10.6 Å². The summed E-state index contributed by atoms with van der Waals surface area (Å²) in [7, 11) is 0. The third-order valence-corrected chi connectivity index (χ3v) is 5.63. The zero-order chi connectivity index (χ0) is 20.8. The largest absolute Gasteiger partial charge is 0.367 e. The van der Waals surface area contributed by atoms with Gasteiger partial charge in [-0.05, 0) is 44.5 Å². The van der Waals surface area contributed by atoms with Gasteiger partial charge in [-0.1, -0.05) is 34.6 Å². The number of carbonyl (C=O) groups is 1. The van der Waals surface area contributed by atoms with E-state index in [1.54, 1.807) is 30.1 Å². The van der Waals surface area contributed by atoms with Gasteiger partial charge in [0.1, 0.15) is 5.82 Å². The molecular formula is C20H25BrN6OS. The fourth-order valence-electron chi connectivity index (χ4n) is 2.72. The lowest BCUT2D eigenvalue weighted by atomic mass is 10.2. The Morgan fingerprint density at radius 2 is 2.00 bits per heavy atom. The standard InChI is InChI=1S/C20H25BrN6OS/c1-4-11-29-20-25-17(24-13(2)3)16-12-23-27(18(16)26-20)10-9-22-19(28)14-5-7-15(21)8-6-14/h5-8,12-13H,4,9-11H2,1-3H3,(H,22,28)(H,24,25,26). The van der Waals surface area contributed by atoms with Gasteiger partial charge >= 0.3 is 0 Å². The molecule has 1 aromatic carbocycles. The summed E-state index contributed by atoms with van der Waals surface area (Å²) in [5.74, 6) is 1.66. The number of aromatic nitrogens is 4. The Kier molecular flexibility index (Phi) is 7.49. The van der Waals surface area contributed by atoms with E-state index in [-0.39, 0.29) is 11.9 Å². The molecule has 2 aromatic heterocycles. The van der Waals surface area contributed by atoms with Crippen LogP contribution in [0.2, 0.25) is 0 Å². The summed E-state index contributed by atoms with van der Waals surface area (Å²) in [6.45, 7) is 7.28. The third kappa shape index (κ3) is 5.70. The molecule has 0 radical (unpaired) electrons. The van der Waals surface area contributed by atoms with E-state index in [4.69, 9.17) is 4.98 Å². The molecule has 1 amide bonds. The van der Waals surface area contributed by atoms with Crippen molar-refractivity contribution in [2.24, 2.45) is 0 Å². The number of thioether (sulfide) groups is 1. The van der Waals surface area contributed by atoms with Crippen molar-refractivity contribution < 1.29 is 4.79 Å². The summed E-state index contributed by atoms with van der Waals surface area (Å²) >= 11 is 5.01. The van der Waals surface area contributed by atoms with Crippen LogP contribution in [0.5, 0.6) is 0 Å². The maximum Gasteiger partial charge on any atom is 0.251 e. The van der Waals surface area contributed by atoms with Gasteiger partial charge in [0.2, 0.25) is 0 Å². The van der Waals surface area contributed by atoms with Crippen LogP contribution in [-0.4, -0.2) is 44.0 Å². The van der Waals surface area contributed by atoms with Crippen LogP contribution in [0.1, 0.15) is 37.6 Å². The summed E-state index contributed by atoms with van der Waals surface area (Å²) in [5, 5.41) is 12.4. The van der Waals surface area contributed by atoms with Crippen LogP contribution in [0.15, 0.2) is 40.1 Å². The number of nitrogens with zero attached hydrogens (tertiary/aromatic N) is 4. The molecule has 0 aliphatic rings. The average molecular weight is 477 g/mol. The molecule has 0 fully saturated rings. The zero-order valence-electron chi connectivity index (χ0n) is 16.8. The van der Waals surface area contributed by atoms with Crippen molar-refractivity contribution >= 4 is 50.5 Å². The molecule has 0 aliphatic heterocycles. The number of hydrogen-bond donors (Lipinski definition) is 2. The number of nitrogens with one attached hydrogen (secondary N) is 2. The monoisotopic (exact) mass is 476 g/mol. The highest BCUT2D eigenvalue weighted by Gasteiger charge is 2.14. The molecule has 154 valence electrons. The maximum atomic E-state index is 12.3. The summed E-state index contributed by atoms with van der Waals surface area (Å²) < 4.78 is 2.76. The van der Waals surface area contributed by atoms with E-state index in [0.29, 0.717) is 18.7 Å². The second-order valence-corrected chi connectivity index (χ2v) is 8.85. The second-order valence-electron chi connectivity index (χ2n) is 6.87. The van der Waals surface area contributed by atoms with E-state index in [1.165, 1.54) is 0 Å². The number of anilines is 1. The molecule has 0 atom stereocenters. The van der Waals surface area contributed by atoms with Crippen LogP contribution in [0.25, 0.3) is 11.0 Å². The van der Waals surface area contributed by atoms with Crippen LogP contribution >= 0.6 is 27.7 Å². The number of benzene rings is 1. The average Bonchev–Trinajstić information content (AvgIpc) is 3.09. The lowest BCUT2D eigenvalue weighted by molar-refractivity contribution is 0.0952. The Hall–Kier alpha value is -2.13. The van der Waals surface area contributed by atoms with Crippen LogP contribution in [0, 0.1) is 0 Å². The summed E-state index contributed by atoms with van der Waals surface area (Å²) in [4.78, 5) is 21.7. The number of halogens is 1. The number of carbonyl (C=O) groups excluding carboxylic acids is 1. The molecular weight excluding hydrogens is 452 g/mol. The normalized spacial score (nSPS) is 11.2. The van der Waals surface area contributed by atoms with Gasteiger partial charge in [0, 0.05) is 28.4 Å². The summed E-state index contributed by atoms with van der Waals surface area (Å²) in [6, 6.07) is 7.54. The molecule has 0 aliphatic carbocycles. The minimum absolute atomic E-state index is 0.107. The van der Waals surface area contributed by atoms with E-state index in [0.717, 1.165) is 38.7 Å². The highest BCUT2D eigenvalue weighted by atomic mass is 79.9. The van der Waals surface area contributed by atoms with Crippen molar-refractivity contribution in [2.45, 2.75) is 44.9 Å². The van der Waals surface area contributed by atoms with Crippen molar-refractivity contribution in [3.8, 4) is 0 Å². The van der Waals surface area contributed by atoms with E-state index >= 15 is 0 Å². The van der Waals surface area contributed by atoms with Gasteiger partial charge in [0.05, 0.1) is 18.1 Å². The fourth-order valence-corrected chi connectivity index (χ4v) is 3.68. The molecule has 2 heterocycles. The molecule has 0 bridgehead atoms. The number of rotatable bonds is 9. The zero-order valence-corrected chi connectivity index (χ0v) is 19.2. The molecule has 9 heteroatoms. The third-order valence-electron chi connectivity index (χ3n) is 4.05. The summed E-state index contributed by atoms with van der Waals surface area (Å²) in [6.07, 6.45) is 2.84. The van der Waals surface area contributed by atoms with Gasteiger partial charge in [-0.15, -0.1) is 0 Å². The number of amides is 1. The van der Waals surface area contributed by atoms with E-state index in [2.05, 4.69) is 57.4 Å². The topological polar surface area (TPSA) is 84.7 Å². The minimum atomic E-state index is -0.107. The molecule has 0 saturated heterocycles. The van der Waals surface area contributed by atoms with Crippen molar-refractivity contribution in [2.75, 3.05) is 17.6 Å². The lowest BCUT2D eigenvalue weighted by Crippen LogP contribution is -2.27. The molecule has 3 aromatic rings. The van der Waals surface area contributed by atoms with Crippen LogP contribution in [0.3, 0.4) is 0 Å². The Morgan fingerprint density at radius 1 is 1.24 bits per heavy atom. The Bertz CT molecular complexity index is 973. The molecule has 0 saturated carbocycles. The predicted octanol–water partition coefficient (Wildman–Crippen LogP) is 4.34. The number of fused-ring (bicyclic) bond motifs is 1. The van der Waals surface area contributed by atoms with Crippen LogP contribution in [-0.2, 0) is 6.54 Å². The molecule has 3 rings (SSSR count). The quantitative estimate of drug-likeness (QED) is 0.352. The second kappa shape index (κ2) is 10.1. The lowest BCUT2D eigenvalue weighted by Gasteiger charge is -2.12. The Balaban J connectivity index is 1.74. The molecule has 0 spiro atoms. The maximum absolute atomic E-state index is 12.3. The molecule has 2 N–H and O–H groups in total.